The van der Waals surface area contributed by atoms with Gasteiger partial charge in [0.1, 0.15) is 5.75 Å². The zero-order valence-electron chi connectivity index (χ0n) is 12.3. The second-order valence-corrected chi connectivity index (χ2v) is 7.35. The third-order valence-corrected chi connectivity index (χ3v) is 5.60. The second kappa shape index (κ2) is 6.07. The van der Waals surface area contributed by atoms with Crippen LogP contribution in [0.5, 0.6) is 5.75 Å². The Morgan fingerprint density at radius 2 is 2.05 bits per heavy atom. The van der Waals surface area contributed by atoms with Gasteiger partial charge in [0.2, 0.25) is 0 Å². The van der Waals surface area contributed by atoms with Gasteiger partial charge in [-0.05, 0) is 61.3 Å². The minimum atomic E-state index is 0.456. The Bertz CT molecular complexity index is 464. The van der Waals surface area contributed by atoms with Crippen molar-refractivity contribution in [3.63, 3.8) is 0 Å². The van der Waals surface area contributed by atoms with E-state index < -0.39 is 0 Å². The van der Waals surface area contributed by atoms with E-state index in [4.69, 9.17) is 4.74 Å². The number of rotatable bonds is 6. The zero-order chi connectivity index (χ0) is 14.0. The van der Waals surface area contributed by atoms with E-state index in [1.165, 1.54) is 55.1 Å². The first kappa shape index (κ1) is 14.4. The second-order valence-electron chi connectivity index (χ2n) is 6.50. The fraction of sp³-hybridized carbons (Fsp3) is 0.647. The molecule has 2 aliphatic rings. The molecule has 0 bridgehead atoms. The van der Waals surface area contributed by atoms with Crippen LogP contribution in [0.3, 0.4) is 0 Å². The van der Waals surface area contributed by atoms with Gasteiger partial charge >= 0.3 is 0 Å². The van der Waals surface area contributed by atoms with Gasteiger partial charge in [-0.25, -0.2) is 0 Å². The maximum absolute atomic E-state index is 5.38. The molecule has 0 aliphatic heterocycles. The third-order valence-electron chi connectivity index (χ3n) is 4.83. The highest BCUT2D eigenvalue weighted by Gasteiger charge is 2.36. The lowest BCUT2D eigenvalue weighted by atomic mass is 9.80. The van der Waals surface area contributed by atoms with E-state index in [-0.39, 0.29) is 0 Å². The lowest BCUT2D eigenvalue weighted by Gasteiger charge is -2.30. The van der Waals surface area contributed by atoms with Crippen molar-refractivity contribution < 1.29 is 4.74 Å². The maximum Gasteiger partial charge on any atom is 0.119 e. The van der Waals surface area contributed by atoms with Gasteiger partial charge in [0.15, 0.2) is 0 Å². The summed E-state index contributed by atoms with van der Waals surface area (Å²) >= 11 is 3.71. The number of halogens is 1. The molecule has 0 heterocycles. The summed E-state index contributed by atoms with van der Waals surface area (Å²) in [6, 6.07) is 7.14. The Morgan fingerprint density at radius 3 is 2.70 bits per heavy atom. The first-order chi connectivity index (χ1) is 9.71. The quantitative estimate of drug-likeness (QED) is 0.834. The van der Waals surface area contributed by atoms with Gasteiger partial charge < -0.3 is 10.1 Å². The van der Waals surface area contributed by atoms with Crippen LogP contribution in [0.4, 0.5) is 0 Å². The van der Waals surface area contributed by atoms with E-state index in [1.807, 2.05) is 6.07 Å². The van der Waals surface area contributed by atoms with Crippen molar-refractivity contribution in [1.29, 1.82) is 0 Å². The van der Waals surface area contributed by atoms with Crippen molar-refractivity contribution in [2.75, 3.05) is 13.7 Å². The van der Waals surface area contributed by atoms with Crippen molar-refractivity contribution in [2.24, 2.45) is 5.41 Å². The Morgan fingerprint density at radius 1 is 1.30 bits per heavy atom. The van der Waals surface area contributed by atoms with Crippen LogP contribution in [0.1, 0.15) is 44.1 Å². The smallest absolute Gasteiger partial charge is 0.119 e. The number of hydrogen-bond acceptors (Lipinski definition) is 2. The first-order valence-electron chi connectivity index (χ1n) is 7.77. The van der Waals surface area contributed by atoms with E-state index in [9.17, 15) is 0 Å². The Balaban J connectivity index is 1.74. The molecule has 1 aromatic rings. The highest BCUT2D eigenvalue weighted by molar-refractivity contribution is 9.10. The lowest BCUT2D eigenvalue weighted by Crippen LogP contribution is -2.35. The molecule has 20 heavy (non-hydrogen) atoms. The molecule has 0 spiro atoms. The number of methoxy groups -OCH3 is 1. The number of benzene rings is 1. The summed E-state index contributed by atoms with van der Waals surface area (Å²) in [5, 5.41) is 3.76. The fourth-order valence-electron chi connectivity index (χ4n) is 3.41. The molecule has 2 nitrogen and oxygen atoms in total. The topological polar surface area (TPSA) is 21.3 Å². The van der Waals surface area contributed by atoms with E-state index in [1.54, 1.807) is 7.11 Å². The van der Waals surface area contributed by atoms with Crippen molar-refractivity contribution in [3.05, 3.63) is 28.2 Å². The summed E-state index contributed by atoms with van der Waals surface area (Å²) in [4.78, 5) is 0. The number of hydrogen-bond donors (Lipinski definition) is 1. The van der Waals surface area contributed by atoms with Crippen LogP contribution in [0.15, 0.2) is 22.7 Å². The van der Waals surface area contributed by atoms with Gasteiger partial charge in [-0.15, -0.1) is 0 Å². The highest BCUT2D eigenvalue weighted by Crippen LogP contribution is 2.42. The van der Waals surface area contributed by atoms with Crippen LogP contribution in [0.2, 0.25) is 0 Å². The summed E-state index contributed by atoms with van der Waals surface area (Å²) < 4.78 is 6.60. The summed E-state index contributed by atoms with van der Waals surface area (Å²) in [7, 11) is 1.74. The van der Waals surface area contributed by atoms with Gasteiger partial charge in [-0.1, -0.05) is 28.8 Å². The third kappa shape index (κ3) is 3.37. The molecule has 110 valence electrons. The molecule has 3 heteroatoms. The predicted octanol–water partition coefficient (Wildman–Crippen LogP) is 4.31. The summed E-state index contributed by atoms with van der Waals surface area (Å²) in [5.41, 5.74) is 1.85. The van der Waals surface area contributed by atoms with Crippen LogP contribution in [0.25, 0.3) is 0 Å². The molecule has 3 rings (SSSR count). The molecule has 2 aliphatic carbocycles. The van der Waals surface area contributed by atoms with Crippen molar-refractivity contribution in [1.82, 2.24) is 5.32 Å². The number of nitrogens with one attached hydrogen (secondary N) is 1. The average Bonchev–Trinajstić information content (AvgIpc) is 3.19. The fourth-order valence-corrected chi connectivity index (χ4v) is 3.79. The molecule has 0 radical (unpaired) electrons. The van der Waals surface area contributed by atoms with E-state index >= 15 is 0 Å². The lowest BCUT2D eigenvalue weighted by molar-refractivity contribution is 0.275. The van der Waals surface area contributed by atoms with Crippen LogP contribution < -0.4 is 10.1 Å². The number of ether oxygens (including phenoxy) is 1. The molecule has 1 aromatic carbocycles. The summed E-state index contributed by atoms with van der Waals surface area (Å²) in [6.45, 7) is 1.18. The van der Waals surface area contributed by atoms with Crippen LogP contribution in [-0.2, 0) is 6.42 Å². The Labute approximate surface area is 130 Å². The predicted molar refractivity (Wildman–Crippen MR) is 86.3 cm³/mol. The Hall–Kier alpha value is -0.540. The van der Waals surface area contributed by atoms with Crippen LogP contribution in [-0.4, -0.2) is 19.7 Å². The van der Waals surface area contributed by atoms with Crippen LogP contribution >= 0.6 is 15.9 Å². The largest absolute Gasteiger partial charge is 0.497 e. The van der Waals surface area contributed by atoms with E-state index in [2.05, 4.69) is 33.4 Å². The van der Waals surface area contributed by atoms with Gasteiger partial charge in [0.05, 0.1) is 7.11 Å². The molecule has 1 N–H and O–H groups in total. The summed E-state index contributed by atoms with van der Waals surface area (Å²) in [6.07, 6.45) is 9.39. The minimum Gasteiger partial charge on any atom is -0.497 e. The maximum atomic E-state index is 5.38. The van der Waals surface area contributed by atoms with Crippen LogP contribution in [0, 0.1) is 5.41 Å². The molecular formula is C17H24BrNO. The molecule has 0 aromatic heterocycles. The van der Waals surface area contributed by atoms with Crippen molar-refractivity contribution in [3.8, 4) is 5.75 Å². The molecule has 0 atom stereocenters. The van der Waals surface area contributed by atoms with E-state index in [0.29, 0.717) is 5.41 Å². The van der Waals surface area contributed by atoms with Gasteiger partial charge in [0.25, 0.3) is 0 Å². The van der Waals surface area contributed by atoms with Gasteiger partial charge in [0, 0.05) is 17.1 Å². The standard InChI is InChI=1S/C17H24BrNO/c1-20-15-6-7-16(18)13(10-15)11-17(8-2-3-9-17)12-19-14-4-5-14/h6-7,10,14,19H,2-5,8-9,11-12H2,1H3. The highest BCUT2D eigenvalue weighted by atomic mass is 79.9. The molecule has 2 fully saturated rings. The molecular weight excluding hydrogens is 314 g/mol. The first-order valence-corrected chi connectivity index (χ1v) is 8.56. The van der Waals surface area contributed by atoms with Gasteiger partial charge in [-0.3, -0.25) is 0 Å². The van der Waals surface area contributed by atoms with E-state index in [0.717, 1.165) is 18.2 Å². The van der Waals surface area contributed by atoms with Crippen molar-refractivity contribution >= 4 is 15.9 Å². The Kier molecular flexibility index (Phi) is 4.37. The molecule has 0 saturated heterocycles. The monoisotopic (exact) mass is 337 g/mol. The molecule has 0 unspecified atom stereocenters. The SMILES string of the molecule is COc1ccc(Br)c(CC2(CNC3CC3)CCCC2)c1. The molecule has 2 saturated carbocycles. The van der Waals surface area contributed by atoms with Crippen molar-refractivity contribution in [2.45, 2.75) is 51.0 Å². The summed E-state index contributed by atoms with van der Waals surface area (Å²) in [5.74, 6) is 0.964. The minimum absolute atomic E-state index is 0.456. The normalized spacial score (nSPS) is 21.1. The molecule has 0 amide bonds. The van der Waals surface area contributed by atoms with Gasteiger partial charge in [-0.2, -0.15) is 0 Å². The zero-order valence-corrected chi connectivity index (χ0v) is 13.8. The average molecular weight is 338 g/mol.